The molecule has 0 saturated heterocycles. The fraction of sp³-hybridized carbons (Fsp3) is 0. The average molecular weight is 632 g/mol. The maximum absolute atomic E-state index is 6.75. The van der Waals surface area contributed by atoms with Gasteiger partial charge in [0.15, 0.2) is 17.5 Å². The van der Waals surface area contributed by atoms with Crippen molar-refractivity contribution in [2.24, 2.45) is 0 Å². The zero-order valence-corrected chi connectivity index (χ0v) is 26.4. The minimum Gasteiger partial charge on any atom is -0.455 e. The predicted molar refractivity (Wildman–Crippen MR) is 199 cm³/mol. The molecule has 0 fully saturated rings. The Balaban J connectivity index is 1.20. The molecule has 10 rings (SSSR count). The van der Waals surface area contributed by atoms with Crippen LogP contribution in [0.15, 0.2) is 156 Å². The molecule has 10 aromatic rings. The van der Waals surface area contributed by atoms with Crippen LogP contribution >= 0.6 is 11.3 Å². The van der Waals surface area contributed by atoms with Crippen LogP contribution in [-0.4, -0.2) is 15.0 Å². The topological polar surface area (TPSA) is 51.8 Å². The molecule has 3 aromatic heterocycles. The molecule has 0 bridgehead atoms. The van der Waals surface area contributed by atoms with Crippen LogP contribution < -0.4 is 0 Å². The van der Waals surface area contributed by atoms with E-state index in [4.69, 9.17) is 19.4 Å². The second kappa shape index (κ2) is 10.7. The molecule has 0 aliphatic heterocycles. The highest BCUT2D eigenvalue weighted by Gasteiger charge is 2.20. The molecule has 4 nitrogen and oxygen atoms in total. The van der Waals surface area contributed by atoms with E-state index < -0.39 is 0 Å². The maximum Gasteiger partial charge on any atom is 0.164 e. The number of fused-ring (bicyclic) bond motifs is 8. The fourth-order valence-electron chi connectivity index (χ4n) is 6.95. The molecule has 0 unspecified atom stereocenters. The standard InChI is InChI=1S/C43H25N3OS/c1-3-12-26(13-4-1)41-44-42(27-14-5-2-6-15-27)46-43(45-41)35-21-11-22-36-38(35)34-20-10-18-31(39(34)47-36)28-17-9-19-32-29(28)24-25-33-30-16-7-8-23-37(30)48-40(32)33/h1-25H. The Hall–Kier alpha value is -6.17. The Labute approximate surface area is 279 Å². The van der Waals surface area contributed by atoms with Crippen LogP contribution in [0.25, 0.3) is 98.2 Å². The van der Waals surface area contributed by atoms with Crippen LogP contribution in [0.4, 0.5) is 0 Å². The lowest BCUT2D eigenvalue weighted by atomic mass is 9.95. The molecule has 0 amide bonds. The van der Waals surface area contributed by atoms with Crippen LogP contribution in [0, 0.1) is 0 Å². The van der Waals surface area contributed by atoms with Crippen molar-refractivity contribution < 1.29 is 4.42 Å². The van der Waals surface area contributed by atoms with Crippen molar-refractivity contribution in [2.45, 2.75) is 0 Å². The highest BCUT2D eigenvalue weighted by Crippen LogP contribution is 2.44. The van der Waals surface area contributed by atoms with Crippen molar-refractivity contribution in [3.63, 3.8) is 0 Å². The van der Waals surface area contributed by atoms with E-state index in [9.17, 15) is 0 Å². The van der Waals surface area contributed by atoms with Gasteiger partial charge < -0.3 is 4.42 Å². The Morgan fingerprint density at radius 2 is 0.958 bits per heavy atom. The van der Waals surface area contributed by atoms with Gasteiger partial charge in [-0.3, -0.25) is 0 Å². The highest BCUT2D eigenvalue weighted by atomic mass is 32.1. The van der Waals surface area contributed by atoms with E-state index in [2.05, 4.69) is 78.9 Å². The third-order valence-corrected chi connectivity index (χ3v) is 10.4. The van der Waals surface area contributed by atoms with Gasteiger partial charge in [0.1, 0.15) is 11.2 Å². The number of rotatable bonds is 4. The van der Waals surface area contributed by atoms with Crippen molar-refractivity contribution in [2.75, 3.05) is 0 Å². The molecular weight excluding hydrogens is 607 g/mol. The zero-order valence-electron chi connectivity index (χ0n) is 25.6. The van der Waals surface area contributed by atoms with Crippen molar-refractivity contribution in [1.82, 2.24) is 15.0 Å². The molecule has 7 aromatic carbocycles. The van der Waals surface area contributed by atoms with Gasteiger partial charge in [-0.2, -0.15) is 0 Å². The van der Waals surface area contributed by atoms with Crippen LogP contribution in [0.3, 0.4) is 0 Å². The van der Waals surface area contributed by atoms with Gasteiger partial charge in [-0.15, -0.1) is 11.3 Å². The Morgan fingerprint density at radius 1 is 0.396 bits per heavy atom. The summed E-state index contributed by atoms with van der Waals surface area (Å²) in [6.45, 7) is 0. The summed E-state index contributed by atoms with van der Waals surface area (Å²) in [5, 5.41) is 7.09. The van der Waals surface area contributed by atoms with Gasteiger partial charge in [0, 0.05) is 58.6 Å². The molecule has 0 atom stereocenters. The first-order chi connectivity index (χ1) is 23.8. The number of benzene rings is 7. The Morgan fingerprint density at radius 3 is 1.73 bits per heavy atom. The van der Waals surface area contributed by atoms with Gasteiger partial charge >= 0.3 is 0 Å². The number of para-hydroxylation sites is 1. The van der Waals surface area contributed by atoms with E-state index in [1.165, 1.54) is 30.9 Å². The normalized spacial score (nSPS) is 11.8. The van der Waals surface area contributed by atoms with Crippen LogP contribution in [0.5, 0.6) is 0 Å². The van der Waals surface area contributed by atoms with E-state index in [0.717, 1.165) is 49.8 Å². The summed E-state index contributed by atoms with van der Waals surface area (Å²) in [5.74, 6) is 1.88. The fourth-order valence-corrected chi connectivity index (χ4v) is 8.18. The third-order valence-electron chi connectivity index (χ3n) is 9.15. The second-order valence-corrected chi connectivity index (χ2v) is 13.0. The summed E-state index contributed by atoms with van der Waals surface area (Å²) < 4.78 is 9.37. The van der Waals surface area contributed by atoms with Crippen LogP contribution in [0.1, 0.15) is 0 Å². The smallest absolute Gasteiger partial charge is 0.164 e. The molecule has 0 spiro atoms. The predicted octanol–water partition coefficient (Wildman–Crippen LogP) is 12.0. The monoisotopic (exact) mass is 631 g/mol. The lowest BCUT2D eigenvalue weighted by molar-refractivity contribution is 0.670. The molecule has 0 N–H and O–H groups in total. The van der Waals surface area contributed by atoms with E-state index >= 15 is 0 Å². The van der Waals surface area contributed by atoms with Crippen molar-refractivity contribution in [3.05, 3.63) is 152 Å². The summed E-state index contributed by atoms with van der Waals surface area (Å²) in [4.78, 5) is 15.0. The number of thiophene rings is 1. The summed E-state index contributed by atoms with van der Waals surface area (Å²) in [6, 6.07) is 52.5. The Bertz CT molecular complexity index is 2780. The average Bonchev–Trinajstić information content (AvgIpc) is 3.74. The molecule has 48 heavy (non-hydrogen) atoms. The molecule has 5 heteroatoms. The minimum absolute atomic E-state index is 0.610. The van der Waals surface area contributed by atoms with Crippen LogP contribution in [-0.2, 0) is 0 Å². The van der Waals surface area contributed by atoms with E-state index in [1.54, 1.807) is 0 Å². The first-order valence-corrected chi connectivity index (χ1v) is 16.8. The Kier molecular flexibility index (Phi) is 6.01. The number of aromatic nitrogens is 3. The SMILES string of the molecule is c1ccc(-c2nc(-c3ccccc3)nc(-c3cccc4oc5c(-c6cccc7c6ccc6c8ccccc8sc76)cccc5c34)n2)cc1. The lowest BCUT2D eigenvalue weighted by Crippen LogP contribution is -2.00. The molecule has 0 aliphatic carbocycles. The van der Waals surface area contributed by atoms with Crippen molar-refractivity contribution >= 4 is 64.2 Å². The van der Waals surface area contributed by atoms with Gasteiger partial charge in [0.25, 0.3) is 0 Å². The highest BCUT2D eigenvalue weighted by molar-refractivity contribution is 7.26. The molecule has 0 saturated carbocycles. The van der Waals surface area contributed by atoms with Gasteiger partial charge in [-0.1, -0.05) is 140 Å². The number of nitrogens with zero attached hydrogens (tertiary/aromatic N) is 3. The van der Waals surface area contributed by atoms with Gasteiger partial charge in [-0.25, -0.2) is 15.0 Å². The molecule has 224 valence electrons. The van der Waals surface area contributed by atoms with E-state index in [1.807, 2.05) is 84.1 Å². The van der Waals surface area contributed by atoms with Crippen molar-refractivity contribution in [3.8, 4) is 45.3 Å². The van der Waals surface area contributed by atoms with Gasteiger partial charge in [-0.05, 0) is 23.1 Å². The molecular formula is C43H25N3OS. The van der Waals surface area contributed by atoms with E-state index in [0.29, 0.717) is 17.5 Å². The summed E-state index contributed by atoms with van der Waals surface area (Å²) in [7, 11) is 0. The van der Waals surface area contributed by atoms with Gasteiger partial charge in [0.05, 0.1) is 0 Å². The second-order valence-electron chi connectivity index (χ2n) is 11.9. The minimum atomic E-state index is 0.610. The van der Waals surface area contributed by atoms with E-state index in [-0.39, 0.29) is 0 Å². The van der Waals surface area contributed by atoms with Gasteiger partial charge in [0.2, 0.25) is 0 Å². The summed E-state index contributed by atoms with van der Waals surface area (Å²) >= 11 is 1.86. The number of hydrogen-bond donors (Lipinski definition) is 0. The first kappa shape index (κ1) is 27.0. The third kappa shape index (κ3) is 4.18. The lowest BCUT2D eigenvalue weighted by Gasteiger charge is -2.09. The summed E-state index contributed by atoms with van der Waals surface area (Å²) in [6.07, 6.45) is 0. The number of furan rings is 1. The van der Waals surface area contributed by atoms with Crippen molar-refractivity contribution in [1.29, 1.82) is 0 Å². The quantitative estimate of drug-likeness (QED) is 0.194. The molecule has 0 aliphatic rings. The first-order valence-electron chi connectivity index (χ1n) is 15.9. The van der Waals surface area contributed by atoms with Crippen LogP contribution in [0.2, 0.25) is 0 Å². The summed E-state index contributed by atoms with van der Waals surface area (Å²) in [5.41, 5.74) is 6.64. The molecule has 0 radical (unpaired) electrons. The zero-order chi connectivity index (χ0) is 31.6. The largest absolute Gasteiger partial charge is 0.455 e. The maximum atomic E-state index is 6.75. The molecule has 3 heterocycles. The number of hydrogen-bond acceptors (Lipinski definition) is 5.